The fourth-order valence-electron chi connectivity index (χ4n) is 1.97. The lowest BCUT2D eigenvalue weighted by atomic mass is 10.1. The van der Waals surface area contributed by atoms with Crippen LogP contribution in [0.1, 0.15) is 23.3 Å². The molecule has 0 atom stereocenters. The number of carbonyl (C=O) groups is 1. The lowest BCUT2D eigenvalue weighted by molar-refractivity contribution is -0.115. The van der Waals surface area contributed by atoms with Gasteiger partial charge in [-0.1, -0.05) is 23.4 Å². The van der Waals surface area contributed by atoms with Crippen LogP contribution in [0.4, 0.5) is 11.5 Å². The Morgan fingerprint density at radius 1 is 1.25 bits per heavy atom. The molecule has 20 heavy (non-hydrogen) atoms. The summed E-state index contributed by atoms with van der Waals surface area (Å²) in [7, 11) is 0. The molecular weight excluding hydrogens is 254 g/mol. The van der Waals surface area contributed by atoms with Gasteiger partial charge in [0.05, 0.1) is 0 Å². The van der Waals surface area contributed by atoms with Crippen molar-refractivity contribution in [1.82, 2.24) is 5.16 Å². The number of rotatable bonds is 5. The van der Waals surface area contributed by atoms with Gasteiger partial charge >= 0.3 is 0 Å². The number of amides is 1. The zero-order chi connectivity index (χ0) is 14.5. The first-order valence-electron chi connectivity index (χ1n) is 6.59. The molecular formula is C15H19N3O2. The van der Waals surface area contributed by atoms with Crippen molar-refractivity contribution in [3.63, 3.8) is 0 Å². The van der Waals surface area contributed by atoms with Gasteiger partial charge in [0, 0.05) is 24.7 Å². The van der Waals surface area contributed by atoms with Crippen molar-refractivity contribution in [1.29, 1.82) is 0 Å². The predicted octanol–water partition coefficient (Wildman–Crippen LogP) is 3.04. The number of anilines is 2. The van der Waals surface area contributed by atoms with Gasteiger partial charge < -0.3 is 15.2 Å². The second-order valence-corrected chi connectivity index (χ2v) is 4.81. The summed E-state index contributed by atoms with van der Waals surface area (Å²) in [6.45, 7) is 6.31. The monoisotopic (exact) mass is 273 g/mol. The number of para-hydroxylation sites is 1. The molecule has 1 aromatic heterocycles. The second kappa shape index (κ2) is 6.23. The Balaban J connectivity index is 1.84. The maximum absolute atomic E-state index is 11.9. The van der Waals surface area contributed by atoms with E-state index < -0.39 is 0 Å². The van der Waals surface area contributed by atoms with Gasteiger partial charge in [-0.3, -0.25) is 4.79 Å². The molecule has 0 saturated heterocycles. The molecule has 0 aliphatic rings. The molecule has 0 aliphatic heterocycles. The zero-order valence-corrected chi connectivity index (χ0v) is 12.0. The highest BCUT2D eigenvalue weighted by Gasteiger charge is 2.07. The zero-order valence-electron chi connectivity index (χ0n) is 12.0. The van der Waals surface area contributed by atoms with Crippen molar-refractivity contribution in [2.75, 3.05) is 17.2 Å². The average molecular weight is 273 g/mol. The first-order chi connectivity index (χ1) is 9.56. The van der Waals surface area contributed by atoms with Crippen LogP contribution in [0.2, 0.25) is 0 Å². The molecule has 2 N–H and O–H groups in total. The Morgan fingerprint density at radius 2 is 1.95 bits per heavy atom. The van der Waals surface area contributed by atoms with Crippen molar-refractivity contribution >= 4 is 17.4 Å². The van der Waals surface area contributed by atoms with Gasteiger partial charge in [0.1, 0.15) is 5.76 Å². The van der Waals surface area contributed by atoms with Gasteiger partial charge in [-0.15, -0.1) is 0 Å². The van der Waals surface area contributed by atoms with Crippen LogP contribution >= 0.6 is 0 Å². The van der Waals surface area contributed by atoms with Crippen molar-refractivity contribution in [2.45, 2.75) is 27.2 Å². The number of aromatic nitrogens is 1. The molecule has 0 fully saturated rings. The summed E-state index contributed by atoms with van der Waals surface area (Å²) in [5, 5.41) is 9.80. The van der Waals surface area contributed by atoms with Gasteiger partial charge in [-0.05, 0) is 31.9 Å². The molecule has 1 amide bonds. The first kappa shape index (κ1) is 14.1. The summed E-state index contributed by atoms with van der Waals surface area (Å²) in [5.41, 5.74) is 3.03. The summed E-state index contributed by atoms with van der Waals surface area (Å²) in [6, 6.07) is 7.75. The van der Waals surface area contributed by atoms with Crippen LogP contribution < -0.4 is 10.6 Å². The quantitative estimate of drug-likeness (QED) is 0.878. The molecule has 1 aromatic carbocycles. The van der Waals surface area contributed by atoms with E-state index in [1.165, 1.54) is 0 Å². The summed E-state index contributed by atoms with van der Waals surface area (Å²) in [6.07, 6.45) is 0.375. The van der Waals surface area contributed by atoms with Crippen LogP contribution in [-0.4, -0.2) is 17.6 Å². The lowest BCUT2D eigenvalue weighted by Gasteiger charge is -2.11. The fourth-order valence-corrected chi connectivity index (χ4v) is 1.97. The first-order valence-corrected chi connectivity index (χ1v) is 6.59. The van der Waals surface area contributed by atoms with E-state index in [2.05, 4.69) is 15.8 Å². The summed E-state index contributed by atoms with van der Waals surface area (Å²) < 4.78 is 4.94. The molecule has 1 heterocycles. The van der Waals surface area contributed by atoms with Crippen molar-refractivity contribution in [3.8, 4) is 0 Å². The minimum absolute atomic E-state index is 0.0184. The maximum Gasteiger partial charge on any atom is 0.226 e. The number of nitrogens with one attached hydrogen (secondary N) is 2. The van der Waals surface area contributed by atoms with E-state index in [4.69, 9.17) is 4.52 Å². The minimum atomic E-state index is -0.0184. The molecule has 0 saturated carbocycles. The van der Waals surface area contributed by atoms with E-state index in [-0.39, 0.29) is 5.91 Å². The van der Waals surface area contributed by atoms with E-state index in [1.807, 2.05) is 39.0 Å². The topological polar surface area (TPSA) is 67.2 Å². The van der Waals surface area contributed by atoms with E-state index in [0.717, 1.165) is 22.6 Å². The number of nitrogens with zero attached hydrogens (tertiary/aromatic N) is 1. The van der Waals surface area contributed by atoms with Gasteiger partial charge in [0.2, 0.25) is 5.91 Å². The molecule has 0 radical (unpaired) electrons. The lowest BCUT2D eigenvalue weighted by Crippen LogP contribution is -2.17. The van der Waals surface area contributed by atoms with Crippen molar-refractivity contribution in [3.05, 3.63) is 41.2 Å². The van der Waals surface area contributed by atoms with Crippen molar-refractivity contribution in [2.24, 2.45) is 0 Å². The Hall–Kier alpha value is -2.30. The average Bonchev–Trinajstić information content (AvgIpc) is 2.80. The van der Waals surface area contributed by atoms with Crippen LogP contribution in [0, 0.1) is 20.8 Å². The molecule has 0 spiro atoms. The van der Waals surface area contributed by atoms with Crippen LogP contribution in [0.5, 0.6) is 0 Å². The Bertz CT molecular complexity index is 585. The SMILES string of the molecule is Cc1cc(NCCC(=O)Nc2c(C)cccc2C)no1. The van der Waals surface area contributed by atoms with Crippen LogP contribution in [0.25, 0.3) is 0 Å². The number of carbonyl (C=O) groups excluding carboxylic acids is 1. The van der Waals surface area contributed by atoms with E-state index in [0.29, 0.717) is 18.8 Å². The molecule has 0 aliphatic carbocycles. The third-order valence-corrected chi connectivity index (χ3v) is 3.03. The van der Waals surface area contributed by atoms with Gasteiger partial charge in [0.25, 0.3) is 0 Å². The Labute approximate surface area is 118 Å². The number of aryl methyl sites for hydroxylation is 3. The third kappa shape index (κ3) is 3.60. The Morgan fingerprint density at radius 3 is 2.55 bits per heavy atom. The highest BCUT2D eigenvalue weighted by atomic mass is 16.5. The molecule has 0 unspecified atom stereocenters. The molecule has 0 bridgehead atoms. The van der Waals surface area contributed by atoms with Gasteiger partial charge in [-0.2, -0.15) is 0 Å². The second-order valence-electron chi connectivity index (χ2n) is 4.81. The molecule has 2 aromatic rings. The number of hydrogen-bond acceptors (Lipinski definition) is 4. The van der Waals surface area contributed by atoms with E-state index in [9.17, 15) is 4.79 Å². The number of benzene rings is 1. The van der Waals surface area contributed by atoms with Crippen LogP contribution in [-0.2, 0) is 4.79 Å². The molecule has 5 nitrogen and oxygen atoms in total. The van der Waals surface area contributed by atoms with Gasteiger partial charge in [0.15, 0.2) is 5.82 Å². The highest BCUT2D eigenvalue weighted by molar-refractivity contribution is 5.92. The van der Waals surface area contributed by atoms with Gasteiger partial charge in [-0.25, -0.2) is 0 Å². The summed E-state index contributed by atoms with van der Waals surface area (Å²) >= 11 is 0. The largest absolute Gasteiger partial charge is 0.367 e. The maximum atomic E-state index is 11.9. The van der Waals surface area contributed by atoms with E-state index >= 15 is 0 Å². The van der Waals surface area contributed by atoms with E-state index in [1.54, 1.807) is 6.07 Å². The fraction of sp³-hybridized carbons (Fsp3) is 0.333. The normalized spacial score (nSPS) is 10.3. The molecule has 106 valence electrons. The summed E-state index contributed by atoms with van der Waals surface area (Å²) in [4.78, 5) is 11.9. The molecule has 2 rings (SSSR count). The Kier molecular flexibility index (Phi) is 4.40. The van der Waals surface area contributed by atoms with Crippen molar-refractivity contribution < 1.29 is 9.32 Å². The highest BCUT2D eigenvalue weighted by Crippen LogP contribution is 2.19. The number of hydrogen-bond donors (Lipinski definition) is 2. The van der Waals surface area contributed by atoms with Crippen LogP contribution in [0.3, 0.4) is 0 Å². The third-order valence-electron chi connectivity index (χ3n) is 3.03. The standard InChI is InChI=1S/C15H19N3O2/c1-10-5-4-6-11(2)15(10)17-14(19)7-8-16-13-9-12(3)20-18-13/h4-6,9H,7-8H2,1-3H3,(H,16,18)(H,17,19). The predicted molar refractivity (Wildman–Crippen MR) is 78.9 cm³/mol. The van der Waals surface area contributed by atoms with Crippen LogP contribution in [0.15, 0.2) is 28.8 Å². The minimum Gasteiger partial charge on any atom is -0.367 e. The summed E-state index contributed by atoms with van der Waals surface area (Å²) in [5.74, 6) is 1.38. The molecule has 5 heteroatoms. The smallest absolute Gasteiger partial charge is 0.226 e.